The van der Waals surface area contributed by atoms with Crippen molar-refractivity contribution in [2.75, 3.05) is 11.9 Å². The molecule has 0 aromatic carbocycles. The van der Waals surface area contributed by atoms with Crippen LogP contribution >= 0.6 is 11.3 Å². The molecule has 132 valence electrons. The molecule has 0 saturated heterocycles. The van der Waals surface area contributed by atoms with Crippen molar-refractivity contribution < 1.29 is 9.59 Å². The topological polar surface area (TPSA) is 75.2 Å². The van der Waals surface area contributed by atoms with E-state index in [9.17, 15) is 9.59 Å². The van der Waals surface area contributed by atoms with E-state index in [-0.39, 0.29) is 17.7 Å². The molecule has 6 nitrogen and oxygen atoms in total. The number of aromatic nitrogens is 2. The highest BCUT2D eigenvalue weighted by atomic mass is 32.1. The van der Waals surface area contributed by atoms with Crippen LogP contribution in [0.4, 0.5) is 5.13 Å². The van der Waals surface area contributed by atoms with Gasteiger partial charge in [-0.2, -0.15) is 0 Å². The standard InChI is InChI=1S/C18H22N4O2S/c1-3-12(4-2)17(24)22-10-8-13-15(11-22)25-18(20-13)21-16(23)14-7-5-6-9-19-14/h5-7,9,12H,3-4,8,10-11H2,1-2H3,(H,20,21,23). The summed E-state index contributed by atoms with van der Waals surface area (Å²) in [7, 11) is 0. The summed E-state index contributed by atoms with van der Waals surface area (Å²) in [6.45, 7) is 5.39. The predicted molar refractivity (Wildman–Crippen MR) is 97.5 cm³/mol. The van der Waals surface area contributed by atoms with Gasteiger partial charge in [0.05, 0.1) is 12.2 Å². The number of nitrogens with zero attached hydrogens (tertiary/aromatic N) is 3. The van der Waals surface area contributed by atoms with Crippen LogP contribution in [0.1, 0.15) is 47.7 Å². The van der Waals surface area contributed by atoms with Crippen LogP contribution in [0.2, 0.25) is 0 Å². The lowest BCUT2D eigenvalue weighted by atomic mass is 10.0. The molecule has 0 saturated carbocycles. The molecule has 0 radical (unpaired) electrons. The van der Waals surface area contributed by atoms with Crippen LogP contribution < -0.4 is 5.32 Å². The number of carbonyl (C=O) groups excluding carboxylic acids is 2. The van der Waals surface area contributed by atoms with E-state index in [0.29, 0.717) is 23.9 Å². The van der Waals surface area contributed by atoms with Crippen molar-refractivity contribution in [2.24, 2.45) is 5.92 Å². The largest absolute Gasteiger partial charge is 0.337 e. The van der Waals surface area contributed by atoms with Crippen LogP contribution in [-0.2, 0) is 17.8 Å². The molecule has 2 aromatic rings. The molecule has 3 heterocycles. The number of hydrogen-bond donors (Lipinski definition) is 1. The molecule has 1 aliphatic rings. The zero-order chi connectivity index (χ0) is 17.8. The maximum Gasteiger partial charge on any atom is 0.276 e. The number of pyridine rings is 1. The van der Waals surface area contributed by atoms with Gasteiger partial charge in [-0.05, 0) is 25.0 Å². The summed E-state index contributed by atoms with van der Waals surface area (Å²) in [6, 6.07) is 5.21. The molecular formula is C18H22N4O2S. The average molecular weight is 358 g/mol. The maximum absolute atomic E-state index is 12.6. The average Bonchev–Trinajstić information content (AvgIpc) is 3.04. The molecule has 0 atom stereocenters. The third-order valence-electron chi connectivity index (χ3n) is 4.50. The Morgan fingerprint density at radius 1 is 1.32 bits per heavy atom. The number of anilines is 1. The summed E-state index contributed by atoms with van der Waals surface area (Å²) in [6.07, 6.45) is 4.06. The first kappa shape index (κ1) is 17.5. The van der Waals surface area contributed by atoms with Crippen LogP contribution in [0.25, 0.3) is 0 Å². The Labute approximate surface area is 151 Å². The van der Waals surface area contributed by atoms with E-state index in [1.807, 2.05) is 4.90 Å². The Bertz CT molecular complexity index is 756. The lowest BCUT2D eigenvalue weighted by Crippen LogP contribution is -2.39. The van der Waals surface area contributed by atoms with Crippen molar-refractivity contribution >= 4 is 28.3 Å². The van der Waals surface area contributed by atoms with Gasteiger partial charge in [0.15, 0.2) is 5.13 Å². The quantitative estimate of drug-likeness (QED) is 0.891. The molecule has 7 heteroatoms. The van der Waals surface area contributed by atoms with E-state index >= 15 is 0 Å². The van der Waals surface area contributed by atoms with Gasteiger partial charge in [0.1, 0.15) is 5.69 Å². The number of carbonyl (C=O) groups is 2. The van der Waals surface area contributed by atoms with Crippen LogP contribution in [0.15, 0.2) is 24.4 Å². The zero-order valence-electron chi connectivity index (χ0n) is 14.5. The Morgan fingerprint density at radius 2 is 2.12 bits per heavy atom. The number of hydrogen-bond acceptors (Lipinski definition) is 5. The molecule has 0 unspecified atom stereocenters. The minimum absolute atomic E-state index is 0.0952. The van der Waals surface area contributed by atoms with Gasteiger partial charge in [0.2, 0.25) is 5.91 Å². The number of thiazole rings is 1. The third kappa shape index (κ3) is 3.87. The van der Waals surface area contributed by atoms with Gasteiger partial charge < -0.3 is 4.90 Å². The first-order valence-electron chi connectivity index (χ1n) is 8.62. The van der Waals surface area contributed by atoms with Crippen LogP contribution in [0.5, 0.6) is 0 Å². The Morgan fingerprint density at radius 3 is 2.80 bits per heavy atom. The number of amides is 2. The Balaban J connectivity index is 1.69. The Kier molecular flexibility index (Phi) is 5.43. The molecule has 0 aliphatic carbocycles. The number of nitrogens with one attached hydrogen (secondary N) is 1. The second-order valence-corrected chi connectivity index (χ2v) is 7.16. The summed E-state index contributed by atoms with van der Waals surface area (Å²) < 4.78 is 0. The van der Waals surface area contributed by atoms with Crippen molar-refractivity contribution in [1.82, 2.24) is 14.9 Å². The molecule has 1 aliphatic heterocycles. The summed E-state index contributed by atoms with van der Waals surface area (Å²) >= 11 is 1.44. The number of fused-ring (bicyclic) bond motifs is 1. The summed E-state index contributed by atoms with van der Waals surface area (Å²) in [5.41, 5.74) is 1.34. The fraction of sp³-hybridized carbons (Fsp3) is 0.444. The fourth-order valence-electron chi connectivity index (χ4n) is 2.99. The summed E-state index contributed by atoms with van der Waals surface area (Å²) in [4.78, 5) is 36.3. The number of rotatable bonds is 5. The molecule has 0 bridgehead atoms. The minimum atomic E-state index is -0.267. The van der Waals surface area contributed by atoms with Crippen molar-refractivity contribution in [2.45, 2.75) is 39.7 Å². The maximum atomic E-state index is 12.6. The van der Waals surface area contributed by atoms with Gasteiger partial charge in [-0.3, -0.25) is 19.9 Å². The molecular weight excluding hydrogens is 336 g/mol. The van der Waals surface area contributed by atoms with Gasteiger partial charge in [-0.25, -0.2) is 4.98 Å². The molecule has 0 spiro atoms. The highest BCUT2D eigenvalue weighted by Gasteiger charge is 2.27. The van der Waals surface area contributed by atoms with Crippen LogP contribution in [0.3, 0.4) is 0 Å². The molecule has 0 fully saturated rings. The van der Waals surface area contributed by atoms with Gasteiger partial charge >= 0.3 is 0 Å². The molecule has 1 N–H and O–H groups in total. The SMILES string of the molecule is CCC(CC)C(=O)N1CCc2nc(NC(=O)c3ccccn3)sc2C1. The van der Waals surface area contributed by atoms with Crippen molar-refractivity contribution in [3.63, 3.8) is 0 Å². The highest BCUT2D eigenvalue weighted by molar-refractivity contribution is 7.15. The molecule has 3 rings (SSSR count). The van der Waals surface area contributed by atoms with Crippen LogP contribution in [0, 0.1) is 5.92 Å². The van der Waals surface area contributed by atoms with Gasteiger partial charge in [-0.15, -0.1) is 0 Å². The smallest absolute Gasteiger partial charge is 0.276 e. The zero-order valence-corrected chi connectivity index (χ0v) is 15.3. The van der Waals surface area contributed by atoms with Gasteiger partial charge in [-0.1, -0.05) is 31.3 Å². The van der Waals surface area contributed by atoms with E-state index < -0.39 is 0 Å². The second-order valence-electron chi connectivity index (χ2n) is 6.08. The van der Waals surface area contributed by atoms with Gasteiger partial charge in [0, 0.05) is 30.0 Å². The molecule has 2 aromatic heterocycles. The lowest BCUT2D eigenvalue weighted by Gasteiger charge is -2.29. The molecule has 2 amide bonds. The summed E-state index contributed by atoms with van der Waals surface area (Å²) in [5, 5.41) is 3.37. The predicted octanol–water partition coefficient (Wildman–Crippen LogP) is 3.11. The normalized spacial score (nSPS) is 13.6. The molecule has 25 heavy (non-hydrogen) atoms. The Hall–Kier alpha value is -2.28. The van der Waals surface area contributed by atoms with Crippen molar-refractivity contribution in [3.05, 3.63) is 40.7 Å². The lowest BCUT2D eigenvalue weighted by molar-refractivity contribution is -0.136. The van der Waals surface area contributed by atoms with E-state index in [2.05, 4.69) is 29.1 Å². The monoisotopic (exact) mass is 358 g/mol. The van der Waals surface area contributed by atoms with Gasteiger partial charge in [0.25, 0.3) is 5.91 Å². The van der Waals surface area contributed by atoms with Crippen LogP contribution in [-0.4, -0.2) is 33.2 Å². The minimum Gasteiger partial charge on any atom is -0.337 e. The van der Waals surface area contributed by atoms with E-state index in [1.54, 1.807) is 24.4 Å². The summed E-state index contributed by atoms with van der Waals surface area (Å²) in [5.74, 6) is 0.0533. The first-order chi connectivity index (χ1) is 12.1. The van der Waals surface area contributed by atoms with E-state index in [1.165, 1.54) is 11.3 Å². The second kappa shape index (κ2) is 7.74. The van der Waals surface area contributed by atoms with Crippen molar-refractivity contribution in [3.8, 4) is 0 Å². The first-order valence-corrected chi connectivity index (χ1v) is 9.43. The van der Waals surface area contributed by atoms with E-state index in [0.717, 1.165) is 29.8 Å². The van der Waals surface area contributed by atoms with Crippen molar-refractivity contribution in [1.29, 1.82) is 0 Å². The third-order valence-corrected chi connectivity index (χ3v) is 5.49. The highest BCUT2D eigenvalue weighted by Crippen LogP contribution is 2.29. The van der Waals surface area contributed by atoms with E-state index in [4.69, 9.17) is 0 Å². The fourth-order valence-corrected chi connectivity index (χ4v) is 4.01.